The highest BCUT2D eigenvalue weighted by molar-refractivity contribution is 7.15. The number of carbonyl (C=O) groups is 1. The average Bonchev–Trinajstić information content (AvgIpc) is 3.25. The van der Waals surface area contributed by atoms with Gasteiger partial charge in [0.05, 0.1) is 22.7 Å². The summed E-state index contributed by atoms with van der Waals surface area (Å²) in [6, 6.07) is 9.21. The van der Waals surface area contributed by atoms with E-state index in [0.717, 1.165) is 23.5 Å². The third-order valence-electron chi connectivity index (χ3n) is 3.88. The number of carbonyl (C=O) groups excluding carboxylic acids is 1. The van der Waals surface area contributed by atoms with E-state index in [1.54, 1.807) is 30.7 Å². The van der Waals surface area contributed by atoms with Crippen LogP contribution in [0.5, 0.6) is 0 Å². The molecule has 0 radical (unpaired) electrons. The van der Waals surface area contributed by atoms with Gasteiger partial charge in [-0.15, -0.1) is 11.3 Å². The lowest BCUT2D eigenvalue weighted by atomic mass is 10.1. The largest absolute Gasteiger partial charge is 0.469 e. The highest BCUT2D eigenvalue weighted by Gasteiger charge is 2.15. The van der Waals surface area contributed by atoms with E-state index in [-0.39, 0.29) is 18.4 Å². The van der Waals surface area contributed by atoms with Crippen molar-refractivity contribution < 1.29 is 9.21 Å². The molecule has 0 aliphatic carbocycles. The van der Waals surface area contributed by atoms with Crippen molar-refractivity contribution in [3.63, 3.8) is 0 Å². The summed E-state index contributed by atoms with van der Waals surface area (Å²) in [5, 5.41) is 4.83. The van der Waals surface area contributed by atoms with Gasteiger partial charge in [-0.1, -0.05) is 29.3 Å². The molecule has 1 aromatic carbocycles. The molecule has 1 amide bonds. The molecular formula is C19H18Cl2N2O2S. The number of amides is 1. The van der Waals surface area contributed by atoms with Crippen LogP contribution in [0.2, 0.25) is 10.0 Å². The zero-order valence-corrected chi connectivity index (χ0v) is 16.5. The molecule has 1 N–H and O–H groups in total. The van der Waals surface area contributed by atoms with Gasteiger partial charge < -0.3 is 9.73 Å². The fraction of sp³-hybridized carbons (Fsp3) is 0.263. The minimum Gasteiger partial charge on any atom is -0.469 e. The van der Waals surface area contributed by atoms with E-state index >= 15 is 0 Å². The van der Waals surface area contributed by atoms with Gasteiger partial charge in [0.15, 0.2) is 0 Å². The van der Waals surface area contributed by atoms with E-state index in [4.69, 9.17) is 27.6 Å². The Kier molecular flexibility index (Phi) is 6.35. The second kappa shape index (κ2) is 8.71. The van der Waals surface area contributed by atoms with Crippen LogP contribution in [0, 0.1) is 0 Å². The lowest BCUT2D eigenvalue weighted by molar-refractivity contribution is -0.121. The maximum absolute atomic E-state index is 12.3. The van der Waals surface area contributed by atoms with Gasteiger partial charge in [0.25, 0.3) is 0 Å². The van der Waals surface area contributed by atoms with Gasteiger partial charge in [-0.3, -0.25) is 4.79 Å². The molecule has 0 bridgehead atoms. The first-order chi connectivity index (χ1) is 12.5. The molecule has 0 aliphatic heterocycles. The summed E-state index contributed by atoms with van der Waals surface area (Å²) >= 11 is 13.9. The second-order valence-corrected chi connectivity index (χ2v) is 7.92. The third kappa shape index (κ3) is 4.87. The number of aryl methyl sites for hydroxylation is 1. The van der Waals surface area contributed by atoms with E-state index < -0.39 is 0 Å². The Morgan fingerprint density at radius 3 is 2.73 bits per heavy atom. The van der Waals surface area contributed by atoms with Gasteiger partial charge in [-0.2, -0.15) is 0 Å². The van der Waals surface area contributed by atoms with Gasteiger partial charge in [0.1, 0.15) is 10.8 Å². The number of aromatic nitrogens is 1. The molecule has 0 saturated carbocycles. The molecule has 7 heteroatoms. The predicted octanol–water partition coefficient (Wildman–Crippen LogP) is 5.39. The van der Waals surface area contributed by atoms with Crippen LogP contribution in [0.4, 0.5) is 0 Å². The number of furan rings is 1. The fourth-order valence-electron chi connectivity index (χ4n) is 2.58. The first-order valence-corrected chi connectivity index (χ1v) is 9.81. The Bertz CT molecular complexity index is 857. The Morgan fingerprint density at radius 1 is 1.27 bits per heavy atom. The number of benzene rings is 1. The van der Waals surface area contributed by atoms with Crippen molar-refractivity contribution in [3.05, 3.63) is 63.5 Å². The first-order valence-electron chi connectivity index (χ1n) is 8.23. The summed E-state index contributed by atoms with van der Waals surface area (Å²) in [5.74, 6) is 0.896. The summed E-state index contributed by atoms with van der Waals surface area (Å²) in [7, 11) is 0. The Morgan fingerprint density at radius 2 is 2.04 bits per heavy atom. The molecule has 4 nitrogen and oxygen atoms in total. The van der Waals surface area contributed by atoms with Gasteiger partial charge in [-0.25, -0.2) is 4.98 Å². The van der Waals surface area contributed by atoms with Crippen LogP contribution in [-0.2, 0) is 17.6 Å². The number of hydrogen-bond acceptors (Lipinski definition) is 4. The zero-order chi connectivity index (χ0) is 18.5. The number of rotatable bonds is 7. The van der Waals surface area contributed by atoms with Gasteiger partial charge in [0.2, 0.25) is 5.91 Å². The Balaban J connectivity index is 1.56. The van der Waals surface area contributed by atoms with Gasteiger partial charge >= 0.3 is 0 Å². The van der Waals surface area contributed by atoms with Crippen LogP contribution < -0.4 is 5.32 Å². The SMILES string of the molecule is C[C@H](CCc1ccco1)NC(=O)Cc1cnc(-c2c(Cl)cccc2Cl)s1. The third-order valence-corrected chi connectivity index (χ3v) is 5.52. The molecule has 0 fully saturated rings. The summed E-state index contributed by atoms with van der Waals surface area (Å²) < 4.78 is 5.31. The number of halogens is 2. The van der Waals surface area contributed by atoms with Crippen molar-refractivity contribution in [3.8, 4) is 10.6 Å². The van der Waals surface area contributed by atoms with Crippen molar-refractivity contribution in [1.82, 2.24) is 10.3 Å². The molecule has 136 valence electrons. The van der Waals surface area contributed by atoms with Crippen LogP contribution in [0.15, 0.2) is 47.2 Å². The van der Waals surface area contributed by atoms with Gasteiger partial charge in [0, 0.05) is 29.1 Å². The number of hydrogen-bond donors (Lipinski definition) is 1. The molecule has 2 aromatic heterocycles. The summed E-state index contributed by atoms with van der Waals surface area (Å²) in [6.45, 7) is 1.99. The molecular weight excluding hydrogens is 391 g/mol. The topological polar surface area (TPSA) is 55.1 Å². The maximum Gasteiger partial charge on any atom is 0.225 e. The minimum atomic E-state index is -0.0302. The summed E-state index contributed by atoms with van der Waals surface area (Å²) in [5.41, 5.74) is 0.708. The normalized spacial score (nSPS) is 12.1. The molecule has 26 heavy (non-hydrogen) atoms. The number of nitrogens with zero attached hydrogens (tertiary/aromatic N) is 1. The number of thiazole rings is 1. The first kappa shape index (κ1) is 19.0. The van der Waals surface area contributed by atoms with Crippen LogP contribution in [0.3, 0.4) is 0 Å². The molecule has 2 heterocycles. The van der Waals surface area contributed by atoms with E-state index in [9.17, 15) is 4.79 Å². The molecule has 0 saturated heterocycles. The lowest BCUT2D eigenvalue weighted by Gasteiger charge is -2.12. The van der Waals surface area contributed by atoms with E-state index in [2.05, 4.69) is 10.3 Å². The number of nitrogens with one attached hydrogen (secondary N) is 1. The van der Waals surface area contributed by atoms with Crippen LogP contribution in [-0.4, -0.2) is 16.9 Å². The summed E-state index contributed by atoms with van der Waals surface area (Å²) in [6.07, 6.45) is 5.26. The Hall–Kier alpha value is -1.82. The van der Waals surface area contributed by atoms with Crippen LogP contribution >= 0.6 is 34.5 Å². The van der Waals surface area contributed by atoms with Gasteiger partial charge in [-0.05, 0) is 37.6 Å². The quantitative estimate of drug-likeness (QED) is 0.569. The maximum atomic E-state index is 12.3. The molecule has 1 atom stereocenters. The van der Waals surface area contributed by atoms with Crippen molar-refractivity contribution in [2.75, 3.05) is 0 Å². The highest BCUT2D eigenvalue weighted by atomic mass is 35.5. The Labute approximate surface area is 166 Å². The fourth-order valence-corrected chi connectivity index (χ4v) is 4.25. The summed E-state index contributed by atoms with van der Waals surface area (Å²) in [4.78, 5) is 17.5. The van der Waals surface area contributed by atoms with Crippen LogP contribution in [0.1, 0.15) is 24.0 Å². The smallest absolute Gasteiger partial charge is 0.225 e. The van der Waals surface area contributed by atoms with E-state index in [1.165, 1.54) is 11.3 Å². The zero-order valence-electron chi connectivity index (χ0n) is 14.2. The monoisotopic (exact) mass is 408 g/mol. The molecule has 3 rings (SSSR count). The minimum absolute atomic E-state index is 0.0302. The van der Waals surface area contributed by atoms with Crippen molar-refractivity contribution >= 4 is 40.4 Å². The molecule has 0 unspecified atom stereocenters. The standard InChI is InChI=1S/C19H18Cl2N2O2S/c1-12(7-8-13-4-3-9-25-13)23-17(24)10-14-11-22-19(26-14)18-15(20)5-2-6-16(18)21/h2-6,9,11-12H,7-8,10H2,1H3,(H,23,24)/t12-/m1/s1. The molecule has 3 aromatic rings. The van der Waals surface area contributed by atoms with Crippen molar-refractivity contribution in [2.45, 2.75) is 32.2 Å². The molecule has 0 aliphatic rings. The van der Waals surface area contributed by atoms with E-state index in [0.29, 0.717) is 20.6 Å². The van der Waals surface area contributed by atoms with Crippen LogP contribution in [0.25, 0.3) is 10.6 Å². The van der Waals surface area contributed by atoms with Crippen molar-refractivity contribution in [2.24, 2.45) is 0 Å². The van der Waals surface area contributed by atoms with E-state index in [1.807, 2.05) is 19.1 Å². The lowest BCUT2D eigenvalue weighted by Crippen LogP contribution is -2.33. The molecule has 0 spiro atoms. The highest BCUT2D eigenvalue weighted by Crippen LogP contribution is 2.36. The predicted molar refractivity (Wildman–Crippen MR) is 106 cm³/mol. The van der Waals surface area contributed by atoms with Crippen molar-refractivity contribution in [1.29, 1.82) is 0 Å². The second-order valence-electron chi connectivity index (χ2n) is 5.99. The average molecular weight is 409 g/mol.